The molecule has 5 heterocycles. The van der Waals surface area contributed by atoms with Gasteiger partial charge in [-0.05, 0) is 25.0 Å². The van der Waals surface area contributed by atoms with E-state index in [1.54, 1.807) is 0 Å². The highest BCUT2D eigenvalue weighted by atomic mass is 19.4. The van der Waals surface area contributed by atoms with Gasteiger partial charge in [0.05, 0.1) is 23.6 Å². The lowest BCUT2D eigenvalue weighted by atomic mass is 9.94. The average Bonchev–Trinajstić information content (AvgIpc) is 3.50. The van der Waals surface area contributed by atoms with Crippen LogP contribution in [-0.2, 0) is 10.9 Å². The highest BCUT2D eigenvalue weighted by Crippen LogP contribution is 2.41. The quantitative estimate of drug-likeness (QED) is 0.640. The topological polar surface area (TPSA) is 75.3 Å². The largest absolute Gasteiger partial charge is 0.491 e. The van der Waals surface area contributed by atoms with Crippen LogP contribution in [0.2, 0.25) is 0 Å². The Labute approximate surface area is 181 Å². The molecule has 1 aromatic carbocycles. The Hall–Kier alpha value is -2.85. The first kappa shape index (κ1) is 19.8. The summed E-state index contributed by atoms with van der Waals surface area (Å²) in [6.45, 7) is 2.13. The highest BCUT2D eigenvalue weighted by molar-refractivity contribution is 5.88. The number of alkyl halides is 3. The summed E-state index contributed by atoms with van der Waals surface area (Å²) in [5.41, 5.74) is 0.270. The van der Waals surface area contributed by atoms with E-state index in [2.05, 4.69) is 25.2 Å². The van der Waals surface area contributed by atoms with Gasteiger partial charge in [-0.25, -0.2) is 9.97 Å². The Kier molecular flexibility index (Phi) is 4.55. The van der Waals surface area contributed by atoms with E-state index in [0.717, 1.165) is 43.4 Å². The van der Waals surface area contributed by atoms with E-state index < -0.39 is 11.9 Å². The zero-order valence-electron chi connectivity index (χ0n) is 17.1. The molecule has 3 aliphatic heterocycles. The third-order valence-corrected chi connectivity index (χ3v) is 6.77. The van der Waals surface area contributed by atoms with Crippen molar-refractivity contribution in [2.24, 2.45) is 0 Å². The van der Waals surface area contributed by atoms with Crippen LogP contribution in [0.15, 0.2) is 36.7 Å². The minimum absolute atomic E-state index is 0.00681. The fraction of sp³-hybridized carbons (Fsp3) is 0.455. The Bertz CT molecular complexity index is 1150. The predicted octanol–water partition coefficient (Wildman–Crippen LogP) is 3.75. The van der Waals surface area contributed by atoms with Crippen molar-refractivity contribution in [3.8, 4) is 5.75 Å². The molecule has 0 saturated carbocycles. The van der Waals surface area contributed by atoms with Crippen molar-refractivity contribution in [3.63, 3.8) is 0 Å². The van der Waals surface area contributed by atoms with Gasteiger partial charge in [-0.1, -0.05) is 18.2 Å². The lowest BCUT2D eigenvalue weighted by Gasteiger charge is -2.41. The molecular weight excluding hydrogens is 423 g/mol. The number of hydrogen-bond donors (Lipinski definition) is 2. The Morgan fingerprint density at radius 3 is 2.88 bits per heavy atom. The van der Waals surface area contributed by atoms with Crippen LogP contribution in [0.25, 0.3) is 11.0 Å². The van der Waals surface area contributed by atoms with Gasteiger partial charge in [-0.2, -0.15) is 13.2 Å². The molecule has 32 heavy (non-hydrogen) atoms. The molecule has 3 aromatic rings. The maximum Gasteiger partial charge on any atom is 0.431 e. The molecule has 3 aliphatic rings. The van der Waals surface area contributed by atoms with Gasteiger partial charge in [0, 0.05) is 24.8 Å². The Morgan fingerprint density at radius 1 is 1.12 bits per heavy atom. The molecule has 4 atom stereocenters. The number of hydrogen-bond acceptors (Lipinski definition) is 6. The van der Waals surface area contributed by atoms with Crippen molar-refractivity contribution >= 4 is 16.9 Å². The number of rotatable bonds is 3. The van der Waals surface area contributed by atoms with E-state index in [9.17, 15) is 13.2 Å². The van der Waals surface area contributed by atoms with Crippen molar-refractivity contribution in [3.05, 3.63) is 47.9 Å². The molecule has 2 N–H and O–H groups in total. The molecule has 0 amide bonds. The smallest absolute Gasteiger partial charge is 0.431 e. The van der Waals surface area contributed by atoms with Crippen molar-refractivity contribution in [1.29, 1.82) is 0 Å². The minimum atomic E-state index is -4.49. The molecule has 0 spiro atoms. The summed E-state index contributed by atoms with van der Waals surface area (Å²) in [6.07, 6.45) is -1.03. The number of nitrogens with one attached hydrogen (secondary N) is 2. The fourth-order valence-electron chi connectivity index (χ4n) is 5.31. The summed E-state index contributed by atoms with van der Waals surface area (Å²) in [5.74, 6) is 1.14. The van der Waals surface area contributed by atoms with Crippen LogP contribution in [0.3, 0.4) is 0 Å². The summed E-state index contributed by atoms with van der Waals surface area (Å²) in [4.78, 5) is 13.1. The van der Waals surface area contributed by atoms with E-state index in [1.165, 1.54) is 6.33 Å². The molecule has 2 saturated heterocycles. The van der Waals surface area contributed by atoms with Crippen LogP contribution in [-0.4, -0.2) is 57.8 Å². The summed E-state index contributed by atoms with van der Waals surface area (Å²) in [7, 11) is 0. The second-order valence-corrected chi connectivity index (χ2v) is 8.50. The van der Waals surface area contributed by atoms with Crippen LogP contribution in [0.4, 0.5) is 19.0 Å². The third kappa shape index (κ3) is 3.20. The SMILES string of the molecule is FC(F)(F)c1cc2c(N[C@H]3c4ccccc4OC[C@@H]3N3CCC4OCCC43)ncnc2[nH]1. The van der Waals surface area contributed by atoms with Gasteiger partial charge in [0.2, 0.25) is 0 Å². The Morgan fingerprint density at radius 2 is 2.00 bits per heavy atom. The molecule has 0 bridgehead atoms. The van der Waals surface area contributed by atoms with E-state index in [0.29, 0.717) is 23.9 Å². The van der Waals surface area contributed by atoms with Gasteiger partial charge in [0.25, 0.3) is 0 Å². The number of aromatic nitrogens is 3. The fourth-order valence-corrected chi connectivity index (χ4v) is 5.31. The molecule has 168 valence electrons. The molecule has 7 nitrogen and oxygen atoms in total. The molecule has 6 rings (SSSR count). The number of H-pyrrole nitrogens is 1. The summed E-state index contributed by atoms with van der Waals surface area (Å²) >= 11 is 0. The molecule has 0 radical (unpaired) electrons. The molecule has 0 aliphatic carbocycles. The minimum Gasteiger partial charge on any atom is -0.491 e. The molecule has 2 unspecified atom stereocenters. The normalized spacial score (nSPS) is 27.8. The third-order valence-electron chi connectivity index (χ3n) is 6.77. The lowest BCUT2D eigenvalue weighted by Crippen LogP contribution is -2.50. The summed E-state index contributed by atoms with van der Waals surface area (Å²) in [6, 6.07) is 8.94. The van der Waals surface area contributed by atoms with Crippen LogP contribution in [0, 0.1) is 0 Å². The predicted molar refractivity (Wildman–Crippen MR) is 110 cm³/mol. The Balaban J connectivity index is 1.40. The molecule has 2 aromatic heterocycles. The van der Waals surface area contributed by atoms with E-state index in [4.69, 9.17) is 9.47 Å². The van der Waals surface area contributed by atoms with Crippen molar-refractivity contribution < 1.29 is 22.6 Å². The number of aromatic amines is 1. The number of likely N-dealkylation sites (tertiary alicyclic amines) is 1. The van der Waals surface area contributed by atoms with Gasteiger partial charge in [-0.15, -0.1) is 0 Å². The number of benzene rings is 1. The highest BCUT2D eigenvalue weighted by Gasteiger charge is 2.46. The number of ether oxygens (including phenoxy) is 2. The monoisotopic (exact) mass is 445 g/mol. The first-order valence-corrected chi connectivity index (χ1v) is 10.8. The summed E-state index contributed by atoms with van der Waals surface area (Å²) < 4.78 is 51.8. The maximum atomic E-state index is 13.3. The zero-order valence-corrected chi connectivity index (χ0v) is 17.1. The van der Waals surface area contributed by atoms with Crippen LogP contribution in [0.5, 0.6) is 5.75 Å². The van der Waals surface area contributed by atoms with Crippen LogP contribution < -0.4 is 10.1 Å². The molecule has 10 heteroatoms. The van der Waals surface area contributed by atoms with Crippen molar-refractivity contribution in [1.82, 2.24) is 19.9 Å². The molecular formula is C22H22F3N5O2. The van der Waals surface area contributed by atoms with E-state index in [1.807, 2.05) is 24.3 Å². The van der Waals surface area contributed by atoms with Crippen LogP contribution in [0.1, 0.15) is 30.1 Å². The number of fused-ring (bicyclic) bond motifs is 3. The van der Waals surface area contributed by atoms with Gasteiger partial charge in [0.15, 0.2) is 0 Å². The summed E-state index contributed by atoms with van der Waals surface area (Å²) in [5, 5.41) is 3.76. The van der Waals surface area contributed by atoms with Gasteiger partial charge >= 0.3 is 6.18 Å². The van der Waals surface area contributed by atoms with Crippen LogP contribution >= 0.6 is 0 Å². The first-order valence-electron chi connectivity index (χ1n) is 10.8. The standard InChI is InChI=1S/C22H22F3N5O2/c23-22(24,25)18-9-13-20(28-18)26-11-27-21(13)29-19-12-3-1-2-4-16(12)32-10-15(19)30-7-5-17-14(30)6-8-31-17/h1-4,9,11,14-15,17,19H,5-8,10H2,(H2,26,27,28,29)/t14?,15-,17?,19-/m0/s1. The van der Waals surface area contributed by atoms with Gasteiger partial charge < -0.3 is 19.8 Å². The average molecular weight is 445 g/mol. The number of halogens is 3. The van der Waals surface area contributed by atoms with Gasteiger partial charge in [0.1, 0.15) is 35.8 Å². The second-order valence-electron chi connectivity index (χ2n) is 8.50. The second kappa shape index (κ2) is 7.35. The molecule has 2 fully saturated rings. The zero-order chi connectivity index (χ0) is 21.9. The number of nitrogens with zero attached hydrogens (tertiary/aromatic N) is 3. The maximum absolute atomic E-state index is 13.3. The van der Waals surface area contributed by atoms with Gasteiger partial charge in [-0.3, -0.25) is 4.90 Å². The first-order chi connectivity index (χ1) is 15.5. The lowest BCUT2D eigenvalue weighted by molar-refractivity contribution is -0.140. The van der Waals surface area contributed by atoms with Crippen molar-refractivity contribution in [2.75, 3.05) is 25.1 Å². The van der Waals surface area contributed by atoms with E-state index in [-0.39, 0.29) is 23.8 Å². The number of anilines is 1. The number of para-hydroxylation sites is 1. The van der Waals surface area contributed by atoms with E-state index >= 15 is 0 Å². The van der Waals surface area contributed by atoms with Crippen molar-refractivity contribution in [2.45, 2.75) is 43.2 Å².